The molecule has 1 atom stereocenters. The molecule has 6 fully saturated rings. The number of carbonyl (C=O) groups is 6. The van der Waals surface area contributed by atoms with Crippen molar-refractivity contribution in [3.8, 4) is 61.7 Å². The van der Waals surface area contributed by atoms with Gasteiger partial charge in [-0.05, 0) is 189 Å². The van der Waals surface area contributed by atoms with E-state index in [2.05, 4.69) is 140 Å². The van der Waals surface area contributed by atoms with Crippen LogP contribution in [-0.4, -0.2) is 231 Å². The summed E-state index contributed by atoms with van der Waals surface area (Å²) in [6.45, 7) is 24.6. The summed E-state index contributed by atoms with van der Waals surface area (Å²) >= 11 is 0. The number of nitrogens with two attached hydrogens (primary N) is 1. The van der Waals surface area contributed by atoms with Crippen LogP contribution in [0.4, 0.5) is 0 Å². The van der Waals surface area contributed by atoms with E-state index in [1.54, 1.807) is 53.9 Å². The molecule has 6 aliphatic carbocycles. The Balaban J connectivity index is 0.000000143. The van der Waals surface area contributed by atoms with Crippen LogP contribution in [0.2, 0.25) is 0 Å². The van der Waals surface area contributed by atoms with E-state index in [0.717, 1.165) is 207 Å². The van der Waals surface area contributed by atoms with Crippen LogP contribution in [0.5, 0.6) is 0 Å². The second kappa shape index (κ2) is 39.7. The normalized spacial score (nSPS) is 20.5. The molecule has 0 aromatic carbocycles. The van der Waals surface area contributed by atoms with Crippen molar-refractivity contribution in [2.75, 3.05) is 108 Å². The molecular weight excluding hydrogens is 1570 g/mol. The molecule has 1 unspecified atom stereocenters. The molecular formula is C102H121N11O12. The fourth-order valence-corrected chi connectivity index (χ4v) is 17.8. The summed E-state index contributed by atoms with van der Waals surface area (Å²) in [7, 11) is 8.76. The maximum absolute atomic E-state index is 12.7. The predicted molar refractivity (Wildman–Crippen MR) is 484 cm³/mol. The Labute approximate surface area is 738 Å². The van der Waals surface area contributed by atoms with Crippen LogP contribution in [-0.2, 0) is 79.8 Å². The number of pyridine rings is 5. The molecule has 0 spiro atoms. The Kier molecular flexibility index (Phi) is 29.6. The maximum Gasteiger partial charge on any atom is 0.181 e. The second-order valence-electron chi connectivity index (χ2n) is 36.1. The first-order valence-corrected chi connectivity index (χ1v) is 43.8. The monoisotopic (exact) mass is 1690 g/mol. The second-order valence-corrected chi connectivity index (χ2v) is 36.1. The van der Waals surface area contributed by atoms with Crippen molar-refractivity contribution in [1.29, 1.82) is 0 Å². The first-order chi connectivity index (χ1) is 59.8. The van der Waals surface area contributed by atoms with Crippen LogP contribution in [0.3, 0.4) is 0 Å². The topological polar surface area (TPSA) is 275 Å². The standard InChI is InChI=1S/C23H29N3O4.C21H24N2O2.C21H26N2O2.C19H22N2O2.C18H20N2O2/c1-4-17-20(29)13-15-5-7-18(19(28)8-6-16(24)14-27)25-21(15)22(17)26-11-9-23(2,30-3)10-12-26;1-4-16-19(24)11-15-13-22-18(14-5-6-14)12-17(15)20(16)23-9-7-21(2,25-3)8-10-23;1-6-16-19(24)11-15-13-22-18(14(2)3)12-17(15)20(16)23-9-7-21(4,25-5)8-10-23;1-5-15-16(22)12-14-7-6-13(2)20-17(14)18(15)21-10-8-19(3,23-4)9-11-21;1-4-14-15(21)12-13-6-5-9-19-16(13)17(14)20-10-7-18(2,22-3)8-11-20/h1,5,7,16,27H,6,8-14,24H2,2-3H3;1,12-14H,5-11H2,2-3H3;1,12-14H,7-11H2,2-5H3;1,6-7H,8-12H2,2-4H3;1,5-6,9H,7-8,10-12H2,2-3H3. The van der Waals surface area contributed by atoms with Gasteiger partial charge in [0.2, 0.25) is 0 Å². The molecule has 5 saturated heterocycles. The van der Waals surface area contributed by atoms with Crippen molar-refractivity contribution >= 4 is 63.2 Å². The van der Waals surface area contributed by atoms with Gasteiger partial charge in [0.05, 0.1) is 108 Å². The zero-order valence-electron chi connectivity index (χ0n) is 75.2. The average Bonchev–Trinajstić information content (AvgIpc) is 1.63. The number of aliphatic hydroxyl groups is 1. The molecule has 23 nitrogen and oxygen atoms in total. The minimum Gasteiger partial charge on any atom is -0.395 e. The highest BCUT2D eigenvalue weighted by atomic mass is 16.5. The van der Waals surface area contributed by atoms with E-state index in [1.807, 2.05) is 43.6 Å². The lowest BCUT2D eigenvalue weighted by atomic mass is 9.85. The van der Waals surface area contributed by atoms with Crippen LogP contribution < -0.4 is 5.73 Å². The van der Waals surface area contributed by atoms with Crippen molar-refractivity contribution in [3.05, 3.63) is 174 Å². The first kappa shape index (κ1) is 93.2. The van der Waals surface area contributed by atoms with E-state index in [1.165, 1.54) is 12.8 Å². The number of Topliss-reactive ketones (excluding diaryl/α,β-unsaturated/α-hetero) is 6. The van der Waals surface area contributed by atoms with Gasteiger partial charge in [-0.2, -0.15) is 0 Å². The minimum atomic E-state index is -0.434. The van der Waals surface area contributed by atoms with Crippen LogP contribution in [0.15, 0.2) is 95.0 Å². The van der Waals surface area contributed by atoms with Gasteiger partial charge in [0, 0.05) is 198 Å². The number of fused-ring (bicyclic) bond motifs is 5. The Morgan fingerprint density at radius 1 is 0.464 bits per heavy atom. The molecule has 0 radical (unpaired) electrons. The van der Waals surface area contributed by atoms with Crippen molar-refractivity contribution in [1.82, 2.24) is 49.4 Å². The van der Waals surface area contributed by atoms with Gasteiger partial charge in [-0.15, -0.1) is 32.1 Å². The van der Waals surface area contributed by atoms with Gasteiger partial charge in [-0.3, -0.25) is 48.7 Å². The fourth-order valence-electron chi connectivity index (χ4n) is 17.8. The Hall–Kier alpha value is -11.0. The summed E-state index contributed by atoms with van der Waals surface area (Å²) in [5, 5.41) is 9.07. The molecule has 1 saturated carbocycles. The summed E-state index contributed by atoms with van der Waals surface area (Å²) in [6.07, 6.45) is 47.4. The number of hydrogen-bond donors (Lipinski definition) is 2. The van der Waals surface area contributed by atoms with Gasteiger partial charge in [0.25, 0.3) is 0 Å². The highest BCUT2D eigenvalue weighted by Crippen LogP contribution is 2.45. The molecule has 23 heteroatoms. The number of ketones is 6. The van der Waals surface area contributed by atoms with Crippen molar-refractivity contribution in [3.63, 3.8) is 0 Å². The van der Waals surface area contributed by atoms with Gasteiger partial charge in [-0.1, -0.05) is 61.6 Å². The zero-order chi connectivity index (χ0) is 90.0. The molecule has 3 N–H and O–H groups in total. The summed E-state index contributed by atoms with van der Waals surface area (Å²) in [5.41, 5.74) is 24.2. The number of aryl methyl sites for hydroxylation is 1. The number of likely N-dealkylation sites (tertiary alicyclic amines) is 5. The van der Waals surface area contributed by atoms with E-state index < -0.39 is 6.04 Å². The number of rotatable bonds is 17. The number of ether oxygens (including phenoxy) is 5. The van der Waals surface area contributed by atoms with E-state index in [-0.39, 0.29) is 82.2 Å². The van der Waals surface area contributed by atoms with E-state index in [9.17, 15) is 28.8 Å². The summed E-state index contributed by atoms with van der Waals surface area (Å²) in [6, 6.07) is 15.1. The maximum atomic E-state index is 12.7. The lowest BCUT2D eigenvalue weighted by molar-refractivity contribution is -0.115. The number of nitrogens with zero attached hydrogens (tertiary/aromatic N) is 10. The molecule has 0 bridgehead atoms. The third-order valence-electron chi connectivity index (χ3n) is 27.2. The zero-order valence-corrected chi connectivity index (χ0v) is 75.2. The molecule has 656 valence electrons. The molecule has 10 heterocycles. The van der Waals surface area contributed by atoms with Crippen molar-refractivity contribution < 1.29 is 57.6 Å². The van der Waals surface area contributed by atoms with E-state index >= 15 is 0 Å². The number of terminal acetylenes is 5. The molecule has 5 aromatic heterocycles. The van der Waals surface area contributed by atoms with Crippen LogP contribution in [0.1, 0.15) is 234 Å². The van der Waals surface area contributed by atoms with Gasteiger partial charge < -0.3 is 59.0 Å². The first-order valence-electron chi connectivity index (χ1n) is 43.8. The molecule has 11 aliphatic rings. The number of aromatic nitrogens is 5. The lowest BCUT2D eigenvalue weighted by Gasteiger charge is -2.41. The highest BCUT2D eigenvalue weighted by molar-refractivity contribution is 6.13. The fraction of sp³-hybridized carbons (Fsp3) is 0.500. The summed E-state index contributed by atoms with van der Waals surface area (Å²) in [4.78, 5) is 109. The third kappa shape index (κ3) is 20.8. The summed E-state index contributed by atoms with van der Waals surface area (Å²) in [5.74, 6) is 13.8. The van der Waals surface area contributed by atoms with Crippen LogP contribution in [0, 0.1) is 68.6 Å². The van der Waals surface area contributed by atoms with Gasteiger partial charge in [0.1, 0.15) is 5.69 Å². The largest absolute Gasteiger partial charge is 0.395 e. The van der Waals surface area contributed by atoms with E-state index in [0.29, 0.717) is 102 Å². The van der Waals surface area contributed by atoms with E-state index in [4.69, 9.17) is 66.6 Å². The molecule has 0 amide bonds. The Morgan fingerprint density at radius 3 is 1.17 bits per heavy atom. The van der Waals surface area contributed by atoms with Crippen LogP contribution >= 0.6 is 0 Å². The van der Waals surface area contributed by atoms with Gasteiger partial charge >= 0.3 is 0 Å². The molecule has 5 aromatic rings. The average molecular weight is 1690 g/mol. The van der Waals surface area contributed by atoms with Crippen molar-refractivity contribution in [2.24, 2.45) is 5.73 Å². The molecule has 125 heavy (non-hydrogen) atoms. The summed E-state index contributed by atoms with van der Waals surface area (Å²) < 4.78 is 28.1. The Morgan fingerprint density at radius 2 is 0.800 bits per heavy atom. The Bertz CT molecular complexity index is 5260. The van der Waals surface area contributed by atoms with Crippen molar-refractivity contribution in [2.45, 2.75) is 223 Å². The number of methoxy groups -OCH3 is 5. The SMILES string of the molecule is C#CC1=C(N2CCC(C)(OC)CC2)c2cc(C(C)C)ncc2CC1=O.C#CC1=C(N2CCC(C)(OC)CC2)c2cc(C3CC3)ncc2CC1=O.C#CC1=C(N2CCC(C)(OC)CC2)c2nc(C(=O)CCC(N)CO)ccc2CC1=O.C#CC1=C(N2CCC(C)(OC)CC2)c2nc(C)ccc2CC1=O.C#CC1=C(N2CCC(C)(OC)CC2)c2ncccc2CC1=O. The minimum absolute atomic E-state index is 0.0121. The number of allylic oxidation sites excluding steroid dienone is 5. The van der Waals surface area contributed by atoms with Gasteiger partial charge in [0.15, 0.2) is 34.7 Å². The predicted octanol–water partition coefficient (Wildman–Crippen LogP) is 11.9. The highest BCUT2D eigenvalue weighted by Gasteiger charge is 2.43. The number of carbonyl (C=O) groups excluding carboxylic acids is 6. The molecule has 16 rings (SSSR count). The number of aliphatic hydroxyl groups excluding tert-OH is 1. The number of hydrogen-bond acceptors (Lipinski definition) is 23. The van der Waals surface area contributed by atoms with Crippen LogP contribution in [0.25, 0.3) is 28.5 Å². The van der Waals surface area contributed by atoms with Gasteiger partial charge in [-0.25, -0.2) is 4.98 Å². The smallest absolute Gasteiger partial charge is 0.181 e. The number of piperidine rings is 5. The lowest BCUT2D eigenvalue weighted by Crippen LogP contribution is -2.44. The third-order valence-corrected chi connectivity index (χ3v) is 27.2. The molecule has 5 aliphatic heterocycles. The quantitative estimate of drug-likeness (QED) is 0.0646.